The van der Waals surface area contributed by atoms with Crippen LogP contribution in [0, 0.1) is 0 Å². The molecule has 0 saturated heterocycles. The molecule has 0 bridgehead atoms. The smallest absolute Gasteiger partial charge is 0.247 e. The number of rotatable bonds is 7. The number of aromatic nitrogens is 3. The van der Waals surface area contributed by atoms with Crippen molar-refractivity contribution in [3.8, 4) is 22.9 Å². The summed E-state index contributed by atoms with van der Waals surface area (Å²) in [5, 5.41) is 12.8. The molecule has 150 valence electrons. The molecule has 29 heavy (non-hydrogen) atoms. The number of fused-ring (bicyclic) bond motifs is 3. The Bertz CT molecular complexity index is 983. The van der Waals surface area contributed by atoms with E-state index in [2.05, 4.69) is 34.3 Å². The standard InChI is InChI=1S/C22H24N4O2S/c1-3-13-27-18-12-8-6-10-16(18)20-23-17-11-7-5-9-15(17)19-21(28-20)24-22(26-25-19)29-14-4-2/h5-12,20,23H,3-4,13-14H2,1-2H3/t20-/m0/s1. The summed E-state index contributed by atoms with van der Waals surface area (Å²) in [6, 6.07) is 15.9. The first-order chi connectivity index (χ1) is 14.3. The van der Waals surface area contributed by atoms with E-state index in [9.17, 15) is 0 Å². The Balaban J connectivity index is 1.76. The van der Waals surface area contributed by atoms with Gasteiger partial charge in [-0.25, -0.2) is 0 Å². The van der Waals surface area contributed by atoms with E-state index in [1.54, 1.807) is 11.8 Å². The van der Waals surface area contributed by atoms with Crippen molar-refractivity contribution in [2.24, 2.45) is 0 Å². The second-order valence-corrected chi connectivity index (χ2v) is 7.73. The maximum Gasteiger partial charge on any atom is 0.247 e. The van der Waals surface area contributed by atoms with Crippen molar-refractivity contribution in [2.45, 2.75) is 38.1 Å². The fourth-order valence-corrected chi connectivity index (χ4v) is 3.72. The first-order valence-electron chi connectivity index (χ1n) is 9.92. The summed E-state index contributed by atoms with van der Waals surface area (Å²) in [4.78, 5) is 4.66. The zero-order chi connectivity index (χ0) is 20.1. The van der Waals surface area contributed by atoms with Gasteiger partial charge in [-0.2, -0.15) is 4.98 Å². The number of anilines is 1. The lowest BCUT2D eigenvalue weighted by molar-refractivity contribution is 0.215. The number of thioether (sulfide) groups is 1. The van der Waals surface area contributed by atoms with Crippen molar-refractivity contribution in [3.05, 3.63) is 54.1 Å². The van der Waals surface area contributed by atoms with Gasteiger partial charge in [-0.3, -0.25) is 0 Å². The number of benzene rings is 2. The van der Waals surface area contributed by atoms with Gasteiger partial charge < -0.3 is 14.8 Å². The molecule has 0 amide bonds. The summed E-state index contributed by atoms with van der Waals surface area (Å²) in [7, 11) is 0. The van der Waals surface area contributed by atoms with E-state index >= 15 is 0 Å². The molecule has 0 fully saturated rings. The molecular formula is C22H24N4O2S. The van der Waals surface area contributed by atoms with Gasteiger partial charge in [0.15, 0.2) is 5.69 Å². The Morgan fingerprint density at radius 2 is 1.86 bits per heavy atom. The van der Waals surface area contributed by atoms with Crippen molar-refractivity contribution in [1.29, 1.82) is 0 Å². The van der Waals surface area contributed by atoms with Crippen LogP contribution in [0.4, 0.5) is 5.69 Å². The molecule has 0 aliphatic carbocycles. The van der Waals surface area contributed by atoms with Crippen molar-refractivity contribution in [3.63, 3.8) is 0 Å². The van der Waals surface area contributed by atoms with Crippen LogP contribution in [0.15, 0.2) is 53.7 Å². The van der Waals surface area contributed by atoms with Gasteiger partial charge in [0.25, 0.3) is 0 Å². The second-order valence-electron chi connectivity index (χ2n) is 6.67. The summed E-state index contributed by atoms with van der Waals surface area (Å²) >= 11 is 1.58. The molecular weight excluding hydrogens is 384 g/mol. The summed E-state index contributed by atoms with van der Waals surface area (Å²) < 4.78 is 12.3. The lowest BCUT2D eigenvalue weighted by Crippen LogP contribution is -2.18. The largest absolute Gasteiger partial charge is 0.493 e. The monoisotopic (exact) mass is 408 g/mol. The fourth-order valence-electron chi connectivity index (χ4n) is 3.08. The van der Waals surface area contributed by atoms with Crippen LogP contribution in [0.2, 0.25) is 0 Å². The molecule has 7 heteroatoms. The highest BCUT2D eigenvalue weighted by atomic mass is 32.2. The molecule has 4 rings (SSSR count). The van der Waals surface area contributed by atoms with Gasteiger partial charge in [0.05, 0.1) is 12.2 Å². The predicted molar refractivity (Wildman–Crippen MR) is 115 cm³/mol. The summed E-state index contributed by atoms with van der Waals surface area (Å²) in [6.07, 6.45) is 1.53. The van der Waals surface area contributed by atoms with Gasteiger partial charge in [0, 0.05) is 17.0 Å². The first kappa shape index (κ1) is 19.5. The lowest BCUT2D eigenvalue weighted by Gasteiger charge is -2.21. The van der Waals surface area contributed by atoms with E-state index in [1.165, 1.54) is 0 Å². The highest BCUT2D eigenvalue weighted by Gasteiger charge is 2.27. The van der Waals surface area contributed by atoms with E-state index in [-0.39, 0.29) is 0 Å². The van der Waals surface area contributed by atoms with Crippen molar-refractivity contribution in [2.75, 3.05) is 17.7 Å². The number of hydrogen-bond donors (Lipinski definition) is 1. The average molecular weight is 409 g/mol. The van der Waals surface area contributed by atoms with Crippen LogP contribution >= 0.6 is 11.8 Å². The van der Waals surface area contributed by atoms with Crippen LogP contribution in [-0.4, -0.2) is 27.5 Å². The quantitative estimate of drug-likeness (QED) is 0.530. The fraction of sp³-hybridized carbons (Fsp3) is 0.318. The van der Waals surface area contributed by atoms with Gasteiger partial charge in [0.2, 0.25) is 17.3 Å². The Morgan fingerprint density at radius 1 is 1.03 bits per heavy atom. The summed E-state index contributed by atoms with van der Waals surface area (Å²) in [5.74, 6) is 2.22. The van der Waals surface area contributed by atoms with E-state index in [0.29, 0.717) is 23.3 Å². The van der Waals surface area contributed by atoms with Gasteiger partial charge >= 0.3 is 0 Å². The van der Waals surface area contributed by atoms with Crippen molar-refractivity contribution < 1.29 is 9.47 Å². The van der Waals surface area contributed by atoms with Gasteiger partial charge in [-0.05, 0) is 31.0 Å². The molecule has 1 atom stereocenters. The lowest BCUT2D eigenvalue weighted by atomic mass is 10.1. The molecule has 2 aromatic carbocycles. The Hall–Kier alpha value is -2.80. The Labute approximate surface area is 175 Å². The highest BCUT2D eigenvalue weighted by Crippen LogP contribution is 2.41. The van der Waals surface area contributed by atoms with Gasteiger partial charge in [-0.1, -0.05) is 55.9 Å². The molecule has 3 aromatic rings. The zero-order valence-corrected chi connectivity index (χ0v) is 17.4. The third-order valence-electron chi connectivity index (χ3n) is 4.43. The number of ether oxygens (including phenoxy) is 2. The number of nitrogens with one attached hydrogen (secondary N) is 1. The average Bonchev–Trinajstić information content (AvgIpc) is 2.92. The van der Waals surface area contributed by atoms with Crippen LogP contribution in [-0.2, 0) is 0 Å². The molecule has 1 N–H and O–H groups in total. The maximum absolute atomic E-state index is 6.35. The van der Waals surface area contributed by atoms with Crippen LogP contribution in [0.3, 0.4) is 0 Å². The number of nitrogens with zero attached hydrogens (tertiary/aromatic N) is 3. The first-order valence-corrected chi connectivity index (χ1v) is 10.9. The van der Waals surface area contributed by atoms with E-state index in [4.69, 9.17) is 9.47 Å². The van der Waals surface area contributed by atoms with Crippen molar-refractivity contribution >= 4 is 17.4 Å². The third-order valence-corrected chi connectivity index (χ3v) is 5.48. The molecule has 0 saturated carbocycles. The predicted octanol–water partition coefficient (Wildman–Crippen LogP) is 5.33. The Kier molecular flexibility index (Phi) is 6.14. The van der Waals surface area contributed by atoms with Crippen LogP contribution in [0.1, 0.15) is 38.5 Å². The highest BCUT2D eigenvalue weighted by molar-refractivity contribution is 7.99. The van der Waals surface area contributed by atoms with Gasteiger partial charge in [-0.15, -0.1) is 10.2 Å². The van der Waals surface area contributed by atoms with Crippen LogP contribution in [0.25, 0.3) is 11.3 Å². The molecule has 1 aliphatic heterocycles. The normalized spacial score (nSPS) is 14.8. The summed E-state index contributed by atoms with van der Waals surface area (Å²) in [6.45, 7) is 4.87. The SMILES string of the molecule is CCCOc1ccccc1[C@H]1Nc2ccccc2-c2nnc(SCCC)nc2O1. The van der Waals surface area contributed by atoms with E-state index < -0.39 is 6.23 Å². The van der Waals surface area contributed by atoms with Crippen LogP contribution in [0.5, 0.6) is 11.6 Å². The molecule has 0 unspecified atom stereocenters. The molecule has 1 aromatic heterocycles. The van der Waals surface area contributed by atoms with E-state index in [1.807, 2.05) is 48.5 Å². The zero-order valence-electron chi connectivity index (χ0n) is 16.6. The topological polar surface area (TPSA) is 69.2 Å². The number of hydrogen-bond acceptors (Lipinski definition) is 7. The number of para-hydroxylation sites is 2. The maximum atomic E-state index is 6.35. The molecule has 2 heterocycles. The third kappa shape index (κ3) is 4.29. The molecule has 1 aliphatic rings. The van der Waals surface area contributed by atoms with Gasteiger partial charge in [0.1, 0.15) is 5.75 Å². The minimum absolute atomic E-state index is 0.453. The van der Waals surface area contributed by atoms with Crippen LogP contribution < -0.4 is 14.8 Å². The summed E-state index contributed by atoms with van der Waals surface area (Å²) in [5.41, 5.74) is 3.41. The van der Waals surface area contributed by atoms with Crippen molar-refractivity contribution in [1.82, 2.24) is 15.2 Å². The Morgan fingerprint density at radius 3 is 2.72 bits per heavy atom. The molecule has 0 spiro atoms. The molecule has 6 nitrogen and oxygen atoms in total. The second kappa shape index (κ2) is 9.13. The minimum Gasteiger partial charge on any atom is -0.493 e. The molecule has 0 radical (unpaired) electrons. The minimum atomic E-state index is -0.453. The van der Waals surface area contributed by atoms with E-state index in [0.717, 1.165) is 41.2 Å².